The number of rotatable bonds is 5. The zero-order valence-electron chi connectivity index (χ0n) is 14.3. The number of benzene rings is 1. The second-order valence-corrected chi connectivity index (χ2v) is 7.13. The number of carbonyl (C=O) groups is 2. The number of aliphatic carboxylic acids is 1. The number of hydrogen-bond donors (Lipinski definition) is 1. The van der Waals surface area contributed by atoms with E-state index in [4.69, 9.17) is 9.84 Å². The third kappa shape index (κ3) is 3.61. The van der Waals surface area contributed by atoms with Crippen molar-refractivity contribution >= 4 is 11.9 Å². The van der Waals surface area contributed by atoms with E-state index in [2.05, 4.69) is 38.1 Å². The van der Waals surface area contributed by atoms with Crippen LogP contribution in [0.5, 0.6) is 0 Å². The average Bonchev–Trinajstić information content (AvgIpc) is 3.35. The summed E-state index contributed by atoms with van der Waals surface area (Å²) in [6.07, 6.45) is 0.809. The van der Waals surface area contributed by atoms with Crippen LogP contribution in [0.15, 0.2) is 24.3 Å². The molecule has 5 nitrogen and oxygen atoms in total. The van der Waals surface area contributed by atoms with Gasteiger partial charge in [0, 0.05) is 12.5 Å². The summed E-state index contributed by atoms with van der Waals surface area (Å²) in [6, 6.07) is 8.19. The van der Waals surface area contributed by atoms with Crippen molar-refractivity contribution in [2.75, 3.05) is 19.8 Å². The summed E-state index contributed by atoms with van der Waals surface area (Å²) in [5.41, 5.74) is 2.51. The first-order valence-electron chi connectivity index (χ1n) is 8.67. The fraction of sp³-hybridized carbons (Fsp3) is 0.579. The lowest BCUT2D eigenvalue weighted by Gasteiger charge is -2.35. The normalized spacial score (nSPS) is 26.5. The molecule has 5 heteroatoms. The summed E-state index contributed by atoms with van der Waals surface area (Å²) < 4.78 is 5.35. The molecule has 1 amide bonds. The molecule has 1 N–H and O–H groups in total. The zero-order chi connectivity index (χ0) is 17.3. The number of morpholine rings is 1. The standard InChI is InChI=1S/C19H25NO4/c1-12(2)13-3-5-14(6-4-13)16-10-17(16)19(23)20-7-8-24-11-15(20)9-18(21)22/h3-6,12,15-17H,7-11H2,1-2H3,(H,21,22). The molecule has 1 heterocycles. The molecule has 1 aromatic rings. The summed E-state index contributed by atoms with van der Waals surface area (Å²) in [4.78, 5) is 25.5. The van der Waals surface area contributed by atoms with E-state index in [0.717, 1.165) is 6.42 Å². The van der Waals surface area contributed by atoms with Crippen molar-refractivity contribution in [3.63, 3.8) is 0 Å². The Labute approximate surface area is 142 Å². The zero-order valence-corrected chi connectivity index (χ0v) is 14.3. The number of carbonyl (C=O) groups excluding carboxylic acids is 1. The quantitative estimate of drug-likeness (QED) is 0.901. The van der Waals surface area contributed by atoms with Gasteiger partial charge in [-0.15, -0.1) is 0 Å². The van der Waals surface area contributed by atoms with Gasteiger partial charge in [0.2, 0.25) is 5.91 Å². The van der Waals surface area contributed by atoms with Gasteiger partial charge in [0.25, 0.3) is 0 Å². The predicted molar refractivity (Wildman–Crippen MR) is 90.0 cm³/mol. The number of nitrogens with zero attached hydrogens (tertiary/aromatic N) is 1. The lowest BCUT2D eigenvalue weighted by molar-refractivity contribution is -0.147. The van der Waals surface area contributed by atoms with E-state index in [-0.39, 0.29) is 30.2 Å². The van der Waals surface area contributed by atoms with Gasteiger partial charge in [-0.05, 0) is 29.4 Å². The molecule has 24 heavy (non-hydrogen) atoms. The van der Waals surface area contributed by atoms with E-state index in [1.807, 2.05) is 0 Å². The molecule has 2 aliphatic rings. The second kappa shape index (κ2) is 6.93. The maximum atomic E-state index is 12.8. The van der Waals surface area contributed by atoms with Crippen molar-refractivity contribution in [2.24, 2.45) is 5.92 Å². The minimum Gasteiger partial charge on any atom is -0.481 e. The van der Waals surface area contributed by atoms with Gasteiger partial charge in [0.05, 0.1) is 25.7 Å². The van der Waals surface area contributed by atoms with Crippen molar-refractivity contribution in [1.29, 1.82) is 0 Å². The highest BCUT2D eigenvalue weighted by Gasteiger charge is 2.47. The Hall–Kier alpha value is -1.88. The summed E-state index contributed by atoms with van der Waals surface area (Å²) in [7, 11) is 0. The third-order valence-corrected chi connectivity index (χ3v) is 5.06. The lowest BCUT2D eigenvalue weighted by Crippen LogP contribution is -2.50. The van der Waals surface area contributed by atoms with Crippen LogP contribution in [-0.2, 0) is 14.3 Å². The third-order valence-electron chi connectivity index (χ3n) is 5.06. The number of carboxylic acids is 1. The highest BCUT2D eigenvalue weighted by molar-refractivity contribution is 5.84. The molecule has 1 aromatic carbocycles. The van der Waals surface area contributed by atoms with Crippen LogP contribution in [0.25, 0.3) is 0 Å². The van der Waals surface area contributed by atoms with Crippen LogP contribution in [0.2, 0.25) is 0 Å². The number of amides is 1. The van der Waals surface area contributed by atoms with Gasteiger partial charge >= 0.3 is 5.97 Å². The summed E-state index contributed by atoms with van der Waals surface area (Å²) >= 11 is 0. The van der Waals surface area contributed by atoms with Crippen LogP contribution in [-0.4, -0.2) is 47.7 Å². The van der Waals surface area contributed by atoms with Gasteiger partial charge in [0.1, 0.15) is 0 Å². The Morgan fingerprint density at radius 3 is 2.62 bits per heavy atom. The van der Waals surface area contributed by atoms with Crippen LogP contribution < -0.4 is 0 Å². The largest absolute Gasteiger partial charge is 0.481 e. The van der Waals surface area contributed by atoms with E-state index in [9.17, 15) is 9.59 Å². The topological polar surface area (TPSA) is 66.8 Å². The van der Waals surface area contributed by atoms with Crippen molar-refractivity contribution in [1.82, 2.24) is 4.90 Å². The van der Waals surface area contributed by atoms with E-state index >= 15 is 0 Å². The Kier molecular flexibility index (Phi) is 4.90. The molecule has 1 saturated heterocycles. The Morgan fingerprint density at radius 1 is 1.29 bits per heavy atom. The van der Waals surface area contributed by atoms with Crippen LogP contribution >= 0.6 is 0 Å². The molecule has 0 bridgehead atoms. The van der Waals surface area contributed by atoms with Gasteiger partial charge in [-0.25, -0.2) is 0 Å². The first-order chi connectivity index (χ1) is 11.5. The minimum atomic E-state index is -0.889. The van der Waals surface area contributed by atoms with Crippen molar-refractivity contribution in [2.45, 2.75) is 44.6 Å². The van der Waals surface area contributed by atoms with Gasteiger partial charge in [-0.3, -0.25) is 9.59 Å². The molecule has 1 saturated carbocycles. The Morgan fingerprint density at radius 2 is 2.00 bits per heavy atom. The monoisotopic (exact) mass is 331 g/mol. The van der Waals surface area contributed by atoms with E-state index in [1.165, 1.54) is 11.1 Å². The molecule has 0 radical (unpaired) electrons. The maximum absolute atomic E-state index is 12.8. The van der Waals surface area contributed by atoms with Gasteiger partial charge in [-0.1, -0.05) is 38.1 Å². The van der Waals surface area contributed by atoms with E-state index < -0.39 is 5.97 Å². The minimum absolute atomic E-state index is 0.00991. The number of ether oxygens (including phenoxy) is 1. The molecule has 1 aliphatic carbocycles. The Balaban J connectivity index is 1.64. The van der Waals surface area contributed by atoms with Crippen LogP contribution in [0, 0.1) is 5.92 Å². The van der Waals surface area contributed by atoms with Crippen LogP contribution in [0.3, 0.4) is 0 Å². The average molecular weight is 331 g/mol. The first-order valence-corrected chi connectivity index (χ1v) is 8.67. The molecular formula is C19H25NO4. The first kappa shape index (κ1) is 17.0. The molecule has 3 atom stereocenters. The fourth-order valence-electron chi connectivity index (χ4n) is 3.49. The van der Waals surface area contributed by atoms with Gasteiger partial charge in [-0.2, -0.15) is 0 Å². The molecule has 2 fully saturated rings. The highest BCUT2D eigenvalue weighted by atomic mass is 16.5. The SMILES string of the molecule is CC(C)c1ccc(C2CC2C(=O)N2CCOCC2CC(=O)O)cc1. The summed E-state index contributed by atoms with van der Waals surface area (Å²) in [5.74, 6) is -0.0421. The molecule has 1 aliphatic heterocycles. The molecule has 0 spiro atoms. The molecule has 130 valence electrons. The van der Waals surface area contributed by atoms with Crippen molar-refractivity contribution in [3.8, 4) is 0 Å². The summed E-state index contributed by atoms with van der Waals surface area (Å²) in [6.45, 7) is 5.63. The van der Waals surface area contributed by atoms with Crippen molar-refractivity contribution < 1.29 is 19.4 Å². The van der Waals surface area contributed by atoms with Crippen LogP contribution in [0.4, 0.5) is 0 Å². The molecular weight excluding hydrogens is 306 g/mol. The van der Waals surface area contributed by atoms with E-state index in [0.29, 0.717) is 25.7 Å². The van der Waals surface area contributed by atoms with Crippen LogP contribution in [0.1, 0.15) is 49.7 Å². The predicted octanol–water partition coefficient (Wildman–Crippen LogP) is 2.62. The summed E-state index contributed by atoms with van der Waals surface area (Å²) in [5, 5.41) is 9.03. The molecule has 3 unspecified atom stereocenters. The second-order valence-electron chi connectivity index (χ2n) is 7.13. The number of carboxylic acid groups (broad SMARTS) is 1. The molecule has 3 rings (SSSR count). The maximum Gasteiger partial charge on any atom is 0.305 e. The van der Waals surface area contributed by atoms with Gasteiger partial charge < -0.3 is 14.7 Å². The highest BCUT2D eigenvalue weighted by Crippen LogP contribution is 2.49. The number of hydrogen-bond acceptors (Lipinski definition) is 3. The fourth-order valence-corrected chi connectivity index (χ4v) is 3.49. The lowest BCUT2D eigenvalue weighted by atomic mass is 9.99. The van der Waals surface area contributed by atoms with Gasteiger partial charge in [0.15, 0.2) is 0 Å². The van der Waals surface area contributed by atoms with Crippen molar-refractivity contribution in [3.05, 3.63) is 35.4 Å². The molecule has 0 aromatic heterocycles. The Bertz CT molecular complexity index is 610. The smallest absolute Gasteiger partial charge is 0.305 e. The van der Waals surface area contributed by atoms with E-state index in [1.54, 1.807) is 4.90 Å².